The monoisotopic (exact) mass is 440 g/mol. The predicted octanol–water partition coefficient (Wildman–Crippen LogP) is 4.81. The zero-order valence-electron chi connectivity index (χ0n) is 18.6. The number of ether oxygens (including phenoxy) is 1. The minimum absolute atomic E-state index is 0.0120. The number of allylic oxidation sites excluding steroid dienone is 2. The number of hydrogen-bond donors (Lipinski definition) is 0. The molecule has 1 aromatic carbocycles. The molecule has 4 rings (SSSR count). The van der Waals surface area contributed by atoms with Gasteiger partial charge in [-0.2, -0.15) is 4.31 Å². The van der Waals surface area contributed by atoms with Crippen LogP contribution in [-0.4, -0.2) is 37.4 Å². The van der Waals surface area contributed by atoms with Crippen molar-refractivity contribution in [2.45, 2.75) is 50.3 Å². The van der Waals surface area contributed by atoms with Crippen molar-refractivity contribution in [1.29, 1.82) is 0 Å². The Hall–Kier alpha value is -2.18. The summed E-state index contributed by atoms with van der Waals surface area (Å²) in [6.45, 7) is 7.85. The highest BCUT2D eigenvalue weighted by Crippen LogP contribution is 2.45. The molecule has 2 aliphatic rings. The second-order valence-electron chi connectivity index (χ2n) is 9.79. The van der Waals surface area contributed by atoms with E-state index in [1.165, 1.54) is 0 Å². The van der Waals surface area contributed by atoms with Crippen molar-refractivity contribution in [3.63, 3.8) is 0 Å². The molecule has 2 heterocycles. The summed E-state index contributed by atoms with van der Waals surface area (Å²) in [6, 6.07) is 13.0. The smallest absolute Gasteiger partial charge is 0.243 e. The first kappa shape index (κ1) is 22.0. The van der Waals surface area contributed by atoms with Crippen LogP contribution in [-0.2, 0) is 15.4 Å². The molecule has 0 N–H and O–H groups in total. The molecule has 0 radical (unpaired) electrons. The van der Waals surface area contributed by atoms with Crippen LogP contribution >= 0.6 is 0 Å². The van der Waals surface area contributed by atoms with Crippen LogP contribution in [0.3, 0.4) is 0 Å². The van der Waals surface area contributed by atoms with Crippen LogP contribution in [0, 0.1) is 11.3 Å². The lowest BCUT2D eigenvalue weighted by molar-refractivity contribution is 0.0259. The Morgan fingerprint density at radius 2 is 1.94 bits per heavy atom. The van der Waals surface area contributed by atoms with Gasteiger partial charge in [-0.05, 0) is 54.4 Å². The number of fused-ring (bicyclic) bond motifs is 1. The van der Waals surface area contributed by atoms with E-state index in [0.29, 0.717) is 36.4 Å². The highest BCUT2D eigenvalue weighted by molar-refractivity contribution is 7.89. The Labute approximate surface area is 186 Å². The van der Waals surface area contributed by atoms with Crippen LogP contribution in [0.15, 0.2) is 65.7 Å². The van der Waals surface area contributed by atoms with Gasteiger partial charge in [0.15, 0.2) is 0 Å². The number of piperidine rings is 1. The van der Waals surface area contributed by atoms with Gasteiger partial charge >= 0.3 is 0 Å². The van der Waals surface area contributed by atoms with E-state index in [4.69, 9.17) is 4.74 Å². The van der Waals surface area contributed by atoms with Crippen molar-refractivity contribution in [2.24, 2.45) is 11.3 Å². The standard InChI is InChI=1S/C25H32N2O3S/c1-24(2,3)20-10-12-22(13-11-20)31(28,29)27-17-14-21-8-4-6-15-25(21,18-27)19-30-23-9-5-7-16-26-23/h4-5,7-13,16,21H,6,14-15,17-19H2,1-3H3. The Bertz CT molecular complexity index is 1030. The molecule has 0 spiro atoms. The van der Waals surface area contributed by atoms with Gasteiger partial charge in [-0.3, -0.25) is 0 Å². The molecule has 0 amide bonds. The lowest BCUT2D eigenvalue weighted by Gasteiger charge is -2.48. The molecular formula is C25H32N2O3S. The zero-order valence-corrected chi connectivity index (χ0v) is 19.4. The molecule has 5 nitrogen and oxygen atoms in total. The van der Waals surface area contributed by atoms with Crippen molar-refractivity contribution in [3.05, 3.63) is 66.4 Å². The molecule has 1 aliphatic carbocycles. The third-order valence-corrected chi connectivity index (χ3v) is 8.51. The number of pyridine rings is 1. The summed E-state index contributed by atoms with van der Waals surface area (Å²) < 4.78 is 34.7. The van der Waals surface area contributed by atoms with E-state index >= 15 is 0 Å². The lowest BCUT2D eigenvalue weighted by atomic mass is 9.66. The van der Waals surface area contributed by atoms with E-state index in [2.05, 4.69) is 37.9 Å². The van der Waals surface area contributed by atoms with Gasteiger partial charge in [0, 0.05) is 30.8 Å². The number of rotatable bonds is 5. The SMILES string of the molecule is CC(C)(C)c1ccc(S(=O)(=O)N2CCC3C=CCCC3(COc3ccccn3)C2)cc1. The first-order valence-electron chi connectivity index (χ1n) is 11.0. The van der Waals surface area contributed by atoms with E-state index in [1.54, 1.807) is 22.6 Å². The maximum absolute atomic E-state index is 13.5. The van der Waals surface area contributed by atoms with Gasteiger partial charge in [0.05, 0.1) is 11.5 Å². The minimum Gasteiger partial charge on any atom is -0.477 e. The highest BCUT2D eigenvalue weighted by Gasteiger charge is 2.47. The summed E-state index contributed by atoms with van der Waals surface area (Å²) in [7, 11) is -3.56. The summed E-state index contributed by atoms with van der Waals surface area (Å²) in [5, 5.41) is 0. The average Bonchev–Trinajstić information content (AvgIpc) is 2.77. The van der Waals surface area contributed by atoms with Crippen LogP contribution in [0.1, 0.15) is 45.6 Å². The summed E-state index contributed by atoms with van der Waals surface area (Å²) in [5.74, 6) is 0.905. The summed E-state index contributed by atoms with van der Waals surface area (Å²) in [6.07, 6.45) is 8.85. The van der Waals surface area contributed by atoms with Crippen LogP contribution in [0.5, 0.6) is 5.88 Å². The number of benzene rings is 1. The first-order chi connectivity index (χ1) is 14.7. The van der Waals surface area contributed by atoms with Crippen molar-refractivity contribution in [3.8, 4) is 5.88 Å². The van der Waals surface area contributed by atoms with Crippen molar-refractivity contribution in [1.82, 2.24) is 9.29 Å². The summed E-state index contributed by atoms with van der Waals surface area (Å²) >= 11 is 0. The number of hydrogen-bond acceptors (Lipinski definition) is 4. The molecule has 31 heavy (non-hydrogen) atoms. The Balaban J connectivity index is 1.57. The zero-order chi connectivity index (χ0) is 22.1. The van der Waals surface area contributed by atoms with Gasteiger partial charge in [-0.15, -0.1) is 0 Å². The molecule has 1 aromatic heterocycles. The fourth-order valence-corrected chi connectivity index (χ4v) is 6.24. The minimum atomic E-state index is -3.56. The molecule has 2 atom stereocenters. The van der Waals surface area contributed by atoms with Gasteiger partial charge in [-0.25, -0.2) is 13.4 Å². The summed E-state index contributed by atoms with van der Waals surface area (Å²) in [5.41, 5.74) is 0.882. The lowest BCUT2D eigenvalue weighted by Crippen LogP contribution is -2.53. The van der Waals surface area contributed by atoms with Crippen LogP contribution in [0.25, 0.3) is 0 Å². The molecular weight excluding hydrogens is 408 g/mol. The number of nitrogens with zero attached hydrogens (tertiary/aromatic N) is 2. The molecule has 166 valence electrons. The van der Waals surface area contributed by atoms with Crippen LogP contribution < -0.4 is 4.74 Å². The molecule has 0 bridgehead atoms. The molecule has 1 fully saturated rings. The van der Waals surface area contributed by atoms with Gasteiger partial charge in [0.1, 0.15) is 0 Å². The Kier molecular flexibility index (Phi) is 5.97. The maximum Gasteiger partial charge on any atom is 0.243 e. The van der Waals surface area contributed by atoms with Gasteiger partial charge in [-0.1, -0.05) is 51.1 Å². The largest absolute Gasteiger partial charge is 0.477 e. The normalized spacial score (nSPS) is 24.5. The first-order valence-corrected chi connectivity index (χ1v) is 12.5. The summed E-state index contributed by atoms with van der Waals surface area (Å²) in [4.78, 5) is 4.64. The van der Waals surface area contributed by atoms with Crippen molar-refractivity contribution >= 4 is 10.0 Å². The van der Waals surface area contributed by atoms with Crippen molar-refractivity contribution < 1.29 is 13.2 Å². The second-order valence-corrected chi connectivity index (χ2v) is 11.7. The molecule has 2 unspecified atom stereocenters. The quantitative estimate of drug-likeness (QED) is 0.627. The third-order valence-electron chi connectivity index (χ3n) is 6.65. The highest BCUT2D eigenvalue weighted by atomic mass is 32.2. The average molecular weight is 441 g/mol. The Morgan fingerprint density at radius 3 is 2.61 bits per heavy atom. The second kappa shape index (κ2) is 8.40. The molecule has 2 aromatic rings. The molecule has 0 saturated carbocycles. The van der Waals surface area contributed by atoms with E-state index in [-0.39, 0.29) is 10.8 Å². The topological polar surface area (TPSA) is 59.5 Å². The maximum atomic E-state index is 13.5. The number of aromatic nitrogens is 1. The molecule has 6 heteroatoms. The van der Waals surface area contributed by atoms with E-state index in [0.717, 1.165) is 24.8 Å². The van der Waals surface area contributed by atoms with E-state index in [9.17, 15) is 8.42 Å². The van der Waals surface area contributed by atoms with E-state index < -0.39 is 10.0 Å². The van der Waals surface area contributed by atoms with E-state index in [1.807, 2.05) is 30.3 Å². The molecule has 1 aliphatic heterocycles. The fourth-order valence-electron chi connectivity index (χ4n) is 4.69. The van der Waals surface area contributed by atoms with Gasteiger partial charge in [0.2, 0.25) is 15.9 Å². The third kappa shape index (κ3) is 4.55. The van der Waals surface area contributed by atoms with Gasteiger partial charge < -0.3 is 4.74 Å². The van der Waals surface area contributed by atoms with Crippen molar-refractivity contribution in [2.75, 3.05) is 19.7 Å². The van der Waals surface area contributed by atoms with Crippen LogP contribution in [0.4, 0.5) is 0 Å². The fraction of sp³-hybridized carbons (Fsp3) is 0.480. The predicted molar refractivity (Wildman–Crippen MR) is 123 cm³/mol. The molecule has 1 saturated heterocycles. The van der Waals surface area contributed by atoms with Crippen LogP contribution in [0.2, 0.25) is 0 Å². The number of sulfonamides is 1. The Morgan fingerprint density at radius 1 is 1.16 bits per heavy atom. The van der Waals surface area contributed by atoms with Gasteiger partial charge in [0.25, 0.3) is 0 Å².